The average molecular weight is 288 g/mol. The van der Waals surface area contributed by atoms with Crippen molar-refractivity contribution in [1.29, 1.82) is 0 Å². The molecule has 0 aromatic heterocycles. The van der Waals surface area contributed by atoms with E-state index in [1.54, 1.807) is 14.0 Å². The Balaban J connectivity index is 3.31. The van der Waals surface area contributed by atoms with Crippen molar-refractivity contribution >= 4 is 21.2 Å². The molecule has 1 N–H and O–H groups in total. The lowest BCUT2D eigenvalue weighted by Gasteiger charge is -2.20. The lowest BCUT2D eigenvalue weighted by atomic mass is 10.2. The van der Waals surface area contributed by atoms with Gasteiger partial charge in [-0.25, -0.2) is 8.42 Å². The monoisotopic (exact) mass is 288 g/mol. The Kier molecular flexibility index (Phi) is 4.48. The molecule has 106 valence electrons. The second kappa shape index (κ2) is 5.54. The molecular formula is C11H16N2O5S. The zero-order chi connectivity index (χ0) is 14.8. The van der Waals surface area contributed by atoms with E-state index < -0.39 is 20.9 Å². The lowest BCUT2D eigenvalue weighted by Crippen LogP contribution is -2.27. The molecule has 0 heterocycles. The molecule has 0 spiro atoms. The summed E-state index contributed by atoms with van der Waals surface area (Å²) in [5.41, 5.74) is -0.0376. The summed E-state index contributed by atoms with van der Waals surface area (Å²) < 4.78 is 22.8. The fourth-order valence-electron chi connectivity index (χ4n) is 1.70. The zero-order valence-electron chi connectivity index (χ0n) is 10.9. The van der Waals surface area contributed by atoms with Crippen LogP contribution >= 0.6 is 0 Å². The molecule has 0 aliphatic rings. The van der Waals surface area contributed by atoms with Crippen LogP contribution in [0.25, 0.3) is 0 Å². The summed E-state index contributed by atoms with van der Waals surface area (Å²) in [6.07, 6.45) is 0.338. The number of anilines is 1. The SMILES string of the molecule is CC(O)CN(C)c1ccc(S(C)(=O)=O)cc1[N+](=O)[O-]. The molecule has 0 aliphatic carbocycles. The molecule has 0 bridgehead atoms. The number of aliphatic hydroxyl groups excluding tert-OH is 1. The third-order valence-electron chi connectivity index (χ3n) is 2.52. The van der Waals surface area contributed by atoms with Gasteiger partial charge in [0.2, 0.25) is 0 Å². The van der Waals surface area contributed by atoms with E-state index in [1.807, 2.05) is 0 Å². The maximum absolute atomic E-state index is 11.4. The Hall–Kier alpha value is -1.67. The van der Waals surface area contributed by atoms with Crippen molar-refractivity contribution in [2.45, 2.75) is 17.9 Å². The van der Waals surface area contributed by atoms with E-state index in [1.165, 1.54) is 17.0 Å². The standard InChI is InChI=1S/C11H16N2O5S/c1-8(14)7-12(2)10-5-4-9(19(3,17)18)6-11(10)13(15)16/h4-6,8,14H,7H2,1-3H3. The van der Waals surface area contributed by atoms with Gasteiger partial charge >= 0.3 is 0 Å². The number of aliphatic hydroxyl groups is 1. The van der Waals surface area contributed by atoms with E-state index in [0.717, 1.165) is 12.3 Å². The lowest BCUT2D eigenvalue weighted by molar-refractivity contribution is -0.384. The molecule has 1 aromatic carbocycles. The molecule has 0 aliphatic heterocycles. The number of benzene rings is 1. The summed E-state index contributed by atoms with van der Waals surface area (Å²) in [7, 11) is -1.90. The molecule has 0 radical (unpaired) electrons. The summed E-state index contributed by atoms with van der Waals surface area (Å²) in [6, 6.07) is 3.72. The molecule has 1 atom stereocenters. The fraction of sp³-hybridized carbons (Fsp3) is 0.455. The van der Waals surface area contributed by atoms with Gasteiger partial charge in [0.1, 0.15) is 5.69 Å². The van der Waals surface area contributed by atoms with Crippen LogP contribution in [0.2, 0.25) is 0 Å². The highest BCUT2D eigenvalue weighted by molar-refractivity contribution is 7.90. The molecule has 1 aromatic rings. The van der Waals surface area contributed by atoms with E-state index in [-0.39, 0.29) is 22.8 Å². The van der Waals surface area contributed by atoms with E-state index in [0.29, 0.717) is 0 Å². The minimum atomic E-state index is -3.50. The second-order valence-electron chi connectivity index (χ2n) is 4.41. The number of nitro groups is 1. The van der Waals surface area contributed by atoms with Crippen molar-refractivity contribution in [3.05, 3.63) is 28.3 Å². The van der Waals surface area contributed by atoms with Crippen LogP contribution in [0.5, 0.6) is 0 Å². The summed E-state index contributed by atoms with van der Waals surface area (Å²) in [5, 5.41) is 20.3. The highest BCUT2D eigenvalue weighted by atomic mass is 32.2. The summed E-state index contributed by atoms with van der Waals surface area (Å²) in [6.45, 7) is 1.77. The maximum atomic E-state index is 11.4. The van der Waals surface area contributed by atoms with Gasteiger partial charge in [-0.05, 0) is 19.1 Å². The number of nitrogens with zero attached hydrogens (tertiary/aromatic N) is 2. The number of likely N-dealkylation sites (N-methyl/N-ethyl adjacent to an activating group) is 1. The minimum absolute atomic E-state index is 0.103. The first-order valence-corrected chi connectivity index (χ1v) is 7.39. The third-order valence-corrected chi connectivity index (χ3v) is 3.63. The van der Waals surface area contributed by atoms with Gasteiger partial charge in [0.25, 0.3) is 5.69 Å². The third kappa shape index (κ3) is 3.90. The Morgan fingerprint density at radius 3 is 2.47 bits per heavy atom. The largest absolute Gasteiger partial charge is 0.392 e. The highest BCUT2D eigenvalue weighted by Crippen LogP contribution is 2.30. The first kappa shape index (κ1) is 15.4. The molecular weight excluding hydrogens is 272 g/mol. The van der Waals surface area contributed by atoms with Crippen molar-refractivity contribution in [3.8, 4) is 0 Å². The van der Waals surface area contributed by atoms with Crippen molar-refractivity contribution in [1.82, 2.24) is 0 Å². The Morgan fingerprint density at radius 1 is 1.47 bits per heavy atom. The highest BCUT2D eigenvalue weighted by Gasteiger charge is 2.21. The quantitative estimate of drug-likeness (QED) is 0.635. The van der Waals surface area contributed by atoms with Crippen LogP contribution in [-0.2, 0) is 9.84 Å². The molecule has 1 unspecified atom stereocenters. The van der Waals surface area contributed by atoms with Gasteiger partial charge < -0.3 is 10.0 Å². The van der Waals surface area contributed by atoms with Crippen LogP contribution in [0.1, 0.15) is 6.92 Å². The van der Waals surface area contributed by atoms with Crippen LogP contribution < -0.4 is 4.90 Å². The normalized spacial score (nSPS) is 13.1. The Bertz CT molecular complexity index is 583. The van der Waals surface area contributed by atoms with Gasteiger partial charge in [-0.3, -0.25) is 10.1 Å². The first-order chi connectivity index (χ1) is 8.62. The molecule has 1 rings (SSSR count). The number of hydrogen-bond donors (Lipinski definition) is 1. The predicted octanol–water partition coefficient (Wildman–Crippen LogP) is 0.815. The molecule has 0 fully saturated rings. The first-order valence-electron chi connectivity index (χ1n) is 5.50. The summed E-state index contributed by atoms with van der Waals surface area (Å²) in [5.74, 6) is 0. The topological polar surface area (TPSA) is 101 Å². The number of sulfone groups is 1. The summed E-state index contributed by atoms with van der Waals surface area (Å²) in [4.78, 5) is 11.8. The second-order valence-corrected chi connectivity index (χ2v) is 6.43. The van der Waals surface area contributed by atoms with Crippen LogP contribution in [0, 0.1) is 10.1 Å². The fourth-order valence-corrected chi connectivity index (χ4v) is 2.34. The zero-order valence-corrected chi connectivity index (χ0v) is 11.7. The van der Waals surface area contributed by atoms with Crippen LogP contribution in [-0.4, -0.2) is 44.4 Å². The van der Waals surface area contributed by atoms with Gasteiger partial charge in [0.15, 0.2) is 9.84 Å². The maximum Gasteiger partial charge on any atom is 0.293 e. The van der Waals surface area contributed by atoms with Crippen molar-refractivity contribution < 1.29 is 18.4 Å². The van der Waals surface area contributed by atoms with Gasteiger partial charge in [0, 0.05) is 25.9 Å². The predicted molar refractivity (Wildman–Crippen MR) is 71.2 cm³/mol. The minimum Gasteiger partial charge on any atom is -0.392 e. The molecule has 8 heteroatoms. The average Bonchev–Trinajstić information content (AvgIpc) is 2.25. The number of rotatable bonds is 5. The van der Waals surface area contributed by atoms with Crippen LogP contribution in [0.15, 0.2) is 23.1 Å². The Labute approximate surface area is 111 Å². The van der Waals surface area contributed by atoms with E-state index in [4.69, 9.17) is 0 Å². The number of hydrogen-bond acceptors (Lipinski definition) is 6. The van der Waals surface area contributed by atoms with Crippen molar-refractivity contribution in [2.75, 3.05) is 24.7 Å². The molecule has 7 nitrogen and oxygen atoms in total. The van der Waals surface area contributed by atoms with Crippen LogP contribution in [0.4, 0.5) is 11.4 Å². The van der Waals surface area contributed by atoms with Gasteiger partial charge in [-0.2, -0.15) is 0 Å². The van der Waals surface area contributed by atoms with Gasteiger partial charge in [0.05, 0.1) is 15.9 Å². The molecule has 19 heavy (non-hydrogen) atoms. The van der Waals surface area contributed by atoms with Gasteiger partial charge in [-0.1, -0.05) is 0 Å². The van der Waals surface area contributed by atoms with Crippen molar-refractivity contribution in [3.63, 3.8) is 0 Å². The van der Waals surface area contributed by atoms with E-state index >= 15 is 0 Å². The smallest absolute Gasteiger partial charge is 0.293 e. The van der Waals surface area contributed by atoms with E-state index in [9.17, 15) is 23.6 Å². The number of nitro benzene ring substituents is 1. The molecule has 0 saturated carbocycles. The summed E-state index contributed by atoms with van der Waals surface area (Å²) >= 11 is 0. The molecule has 0 saturated heterocycles. The van der Waals surface area contributed by atoms with E-state index in [2.05, 4.69) is 0 Å². The molecule has 0 amide bonds. The van der Waals surface area contributed by atoms with Gasteiger partial charge in [-0.15, -0.1) is 0 Å². The van der Waals surface area contributed by atoms with Crippen LogP contribution in [0.3, 0.4) is 0 Å². The van der Waals surface area contributed by atoms with Crippen molar-refractivity contribution in [2.24, 2.45) is 0 Å². The Morgan fingerprint density at radius 2 is 2.05 bits per heavy atom.